The van der Waals surface area contributed by atoms with Gasteiger partial charge in [-0.2, -0.15) is 0 Å². The summed E-state index contributed by atoms with van der Waals surface area (Å²) in [5.41, 5.74) is 10.6. The van der Waals surface area contributed by atoms with Crippen molar-refractivity contribution < 1.29 is 0 Å². The molecule has 0 saturated heterocycles. The highest BCUT2D eigenvalue weighted by Crippen LogP contribution is 2.44. The lowest BCUT2D eigenvalue weighted by atomic mass is 9.92. The number of hydrogen-bond acceptors (Lipinski definition) is 0. The molecule has 0 aliphatic carbocycles. The first-order valence-electron chi connectivity index (χ1n) is 26.3. The van der Waals surface area contributed by atoms with Crippen molar-refractivity contribution in [3.8, 4) is 17.1 Å². The standard InChI is InChI=1S/C72H47N3Si/c1-3-19-51(20-4-1)76(52-21-5-2-6-22-52,53-40-35-48(36-41-53)73-65-31-15-11-26-58(65)59-27-12-16-32-66(59)73)54-42-37-49(38-43-54)74-69-45-39-50(75-67-33-17-13-28-60(67)61-29-14-18-34-68(61)75)47-64(69)72-70(74)46-44-63-57-25-8-7-23-55(57)56-24-9-10-30-62(56)71(63)72/h1-47H. The molecule has 3 aromatic heterocycles. The number of fused-ring (bicyclic) bond motifs is 16. The zero-order valence-electron chi connectivity index (χ0n) is 41.5. The first-order valence-corrected chi connectivity index (χ1v) is 28.3. The van der Waals surface area contributed by atoms with Crippen molar-refractivity contribution in [1.29, 1.82) is 0 Å². The molecule has 3 nitrogen and oxygen atoms in total. The zero-order valence-corrected chi connectivity index (χ0v) is 42.5. The highest BCUT2D eigenvalue weighted by atomic mass is 28.3. The van der Waals surface area contributed by atoms with E-state index in [0.29, 0.717) is 0 Å². The Balaban J connectivity index is 0.940. The summed E-state index contributed by atoms with van der Waals surface area (Å²) in [4.78, 5) is 0. The van der Waals surface area contributed by atoms with Gasteiger partial charge in [-0.25, -0.2) is 0 Å². The van der Waals surface area contributed by atoms with Gasteiger partial charge in [0.05, 0.1) is 33.1 Å². The summed E-state index contributed by atoms with van der Waals surface area (Å²) in [6, 6.07) is 107. The molecule has 76 heavy (non-hydrogen) atoms. The summed E-state index contributed by atoms with van der Waals surface area (Å²) < 4.78 is 7.39. The molecule has 354 valence electrons. The summed E-state index contributed by atoms with van der Waals surface area (Å²) >= 11 is 0. The van der Waals surface area contributed by atoms with Gasteiger partial charge in [-0.05, 0) is 120 Å². The first kappa shape index (κ1) is 42.7. The minimum atomic E-state index is -2.93. The van der Waals surface area contributed by atoms with Gasteiger partial charge >= 0.3 is 0 Å². The van der Waals surface area contributed by atoms with E-state index in [-0.39, 0.29) is 0 Å². The van der Waals surface area contributed by atoms with Gasteiger partial charge in [0.25, 0.3) is 0 Å². The summed E-state index contributed by atoms with van der Waals surface area (Å²) in [5, 5.41) is 20.5. The van der Waals surface area contributed by atoms with E-state index in [1.54, 1.807) is 0 Å². The third-order valence-electron chi connectivity index (χ3n) is 16.6. The first-order chi connectivity index (χ1) is 37.7. The summed E-state index contributed by atoms with van der Waals surface area (Å²) in [7, 11) is -2.93. The van der Waals surface area contributed by atoms with Crippen molar-refractivity contribution in [2.75, 3.05) is 0 Å². The Morgan fingerprint density at radius 2 is 0.487 bits per heavy atom. The number of benzene rings is 13. The van der Waals surface area contributed by atoms with Gasteiger partial charge in [0, 0.05) is 54.8 Å². The number of nitrogens with zero attached hydrogens (tertiary/aromatic N) is 3. The molecule has 0 N–H and O–H groups in total. The molecule has 16 rings (SSSR count). The predicted octanol–water partition coefficient (Wildman–Crippen LogP) is 15.8. The highest BCUT2D eigenvalue weighted by Gasteiger charge is 2.41. The number of rotatable bonds is 7. The summed E-state index contributed by atoms with van der Waals surface area (Å²) in [6.45, 7) is 0. The highest BCUT2D eigenvalue weighted by molar-refractivity contribution is 7.19. The Morgan fingerprint density at radius 1 is 0.184 bits per heavy atom. The zero-order chi connectivity index (χ0) is 49.9. The van der Waals surface area contributed by atoms with Crippen LogP contribution in [0.5, 0.6) is 0 Å². The molecule has 0 spiro atoms. The molecule has 0 saturated carbocycles. The van der Waals surface area contributed by atoms with Crippen molar-refractivity contribution >= 4 is 127 Å². The van der Waals surface area contributed by atoms with E-state index in [1.807, 2.05) is 0 Å². The van der Waals surface area contributed by atoms with E-state index in [0.717, 1.165) is 17.1 Å². The molecule has 0 fully saturated rings. The number of para-hydroxylation sites is 4. The molecular formula is C72H47N3Si. The van der Waals surface area contributed by atoms with Crippen LogP contribution in [0.1, 0.15) is 0 Å². The summed E-state index contributed by atoms with van der Waals surface area (Å²) in [5.74, 6) is 0. The third kappa shape index (κ3) is 6.04. The average Bonchev–Trinajstić information content (AvgIpc) is 4.23. The predicted molar refractivity (Wildman–Crippen MR) is 326 cm³/mol. The smallest absolute Gasteiger partial charge is 0.179 e. The third-order valence-corrected chi connectivity index (χ3v) is 21.4. The topological polar surface area (TPSA) is 14.8 Å². The Bertz CT molecular complexity index is 4790. The van der Waals surface area contributed by atoms with Crippen LogP contribution in [0.25, 0.3) is 115 Å². The molecule has 4 heteroatoms. The van der Waals surface area contributed by atoms with Gasteiger partial charge < -0.3 is 13.7 Å². The molecule has 3 heterocycles. The van der Waals surface area contributed by atoms with E-state index in [9.17, 15) is 0 Å². The van der Waals surface area contributed by atoms with Crippen molar-refractivity contribution in [3.63, 3.8) is 0 Å². The molecule has 0 radical (unpaired) electrons. The lowest BCUT2D eigenvalue weighted by molar-refractivity contribution is 1.17. The summed E-state index contributed by atoms with van der Waals surface area (Å²) in [6.07, 6.45) is 0. The second kappa shape index (κ2) is 16.6. The minimum Gasteiger partial charge on any atom is -0.309 e. The van der Waals surface area contributed by atoms with E-state index in [1.165, 1.54) is 118 Å². The van der Waals surface area contributed by atoms with Crippen LogP contribution >= 0.6 is 0 Å². The Hall–Kier alpha value is -9.74. The average molecular weight is 982 g/mol. The van der Waals surface area contributed by atoms with E-state index in [2.05, 4.69) is 299 Å². The number of hydrogen-bond donors (Lipinski definition) is 0. The molecule has 0 aliphatic rings. The maximum atomic E-state index is 2.52. The van der Waals surface area contributed by atoms with Crippen LogP contribution in [0.2, 0.25) is 0 Å². The van der Waals surface area contributed by atoms with Gasteiger partial charge in [0.1, 0.15) is 0 Å². The Morgan fingerprint density at radius 3 is 0.947 bits per heavy atom. The van der Waals surface area contributed by atoms with Crippen LogP contribution in [-0.2, 0) is 0 Å². The van der Waals surface area contributed by atoms with Gasteiger partial charge in [-0.3, -0.25) is 0 Å². The molecule has 16 aromatic rings. The van der Waals surface area contributed by atoms with Crippen LogP contribution in [0, 0.1) is 0 Å². The monoisotopic (exact) mass is 981 g/mol. The largest absolute Gasteiger partial charge is 0.309 e. The Kier molecular flexibility index (Phi) is 9.36. The second-order valence-corrected chi connectivity index (χ2v) is 24.1. The molecular weight excluding hydrogens is 935 g/mol. The van der Waals surface area contributed by atoms with Gasteiger partial charge in [-0.15, -0.1) is 0 Å². The lowest BCUT2D eigenvalue weighted by Gasteiger charge is -2.34. The molecule has 0 aliphatic heterocycles. The van der Waals surface area contributed by atoms with Crippen LogP contribution < -0.4 is 20.7 Å². The quantitative estimate of drug-likeness (QED) is 0.0859. The molecule has 0 unspecified atom stereocenters. The fourth-order valence-corrected chi connectivity index (χ4v) is 18.1. The van der Waals surface area contributed by atoms with E-state index >= 15 is 0 Å². The van der Waals surface area contributed by atoms with Crippen molar-refractivity contribution in [3.05, 3.63) is 285 Å². The molecule has 0 bridgehead atoms. The van der Waals surface area contributed by atoms with Crippen LogP contribution in [0.3, 0.4) is 0 Å². The van der Waals surface area contributed by atoms with E-state index < -0.39 is 8.07 Å². The maximum Gasteiger partial charge on any atom is 0.179 e. The van der Waals surface area contributed by atoms with Crippen LogP contribution in [0.15, 0.2) is 285 Å². The molecule has 13 aromatic carbocycles. The molecule has 0 atom stereocenters. The van der Waals surface area contributed by atoms with E-state index in [4.69, 9.17) is 0 Å². The van der Waals surface area contributed by atoms with Crippen LogP contribution in [-0.4, -0.2) is 21.8 Å². The normalized spacial score (nSPS) is 12.2. The molecule has 0 amide bonds. The second-order valence-electron chi connectivity index (χ2n) is 20.3. The van der Waals surface area contributed by atoms with Crippen molar-refractivity contribution in [2.24, 2.45) is 0 Å². The Labute approximate surface area is 440 Å². The fraction of sp³-hybridized carbons (Fsp3) is 0. The van der Waals surface area contributed by atoms with Gasteiger partial charge in [0.2, 0.25) is 0 Å². The fourth-order valence-electron chi connectivity index (χ4n) is 13.4. The lowest BCUT2D eigenvalue weighted by Crippen LogP contribution is -2.74. The van der Waals surface area contributed by atoms with Crippen molar-refractivity contribution in [1.82, 2.24) is 13.7 Å². The van der Waals surface area contributed by atoms with Gasteiger partial charge in [-0.1, -0.05) is 212 Å². The van der Waals surface area contributed by atoms with Crippen molar-refractivity contribution in [2.45, 2.75) is 0 Å². The van der Waals surface area contributed by atoms with Gasteiger partial charge in [0.15, 0.2) is 8.07 Å². The number of aromatic nitrogens is 3. The maximum absolute atomic E-state index is 2.93. The van der Waals surface area contributed by atoms with Crippen LogP contribution in [0.4, 0.5) is 0 Å². The minimum absolute atomic E-state index is 1.13. The SMILES string of the molecule is c1ccc([Si](c2ccccc2)(c2ccc(-n3c4ccccc4c4ccccc43)cc2)c2ccc(-n3c4ccc(-n5c6ccccc6c6ccccc65)cc4c4c5c6ccccc6c6ccccc6c5ccc43)cc2)cc1.